The van der Waals surface area contributed by atoms with Gasteiger partial charge in [-0.3, -0.25) is 9.59 Å². The highest BCUT2D eigenvalue weighted by Crippen LogP contribution is 2.29. The van der Waals surface area contributed by atoms with Crippen molar-refractivity contribution in [2.75, 3.05) is 0 Å². The Morgan fingerprint density at radius 2 is 1.88 bits per heavy atom. The molecule has 1 fully saturated rings. The van der Waals surface area contributed by atoms with Crippen LogP contribution in [0.4, 0.5) is 4.39 Å². The Bertz CT molecular complexity index is 775. The number of rotatable bonds is 7. The van der Waals surface area contributed by atoms with Crippen molar-refractivity contribution in [2.45, 2.75) is 44.8 Å². The van der Waals surface area contributed by atoms with Gasteiger partial charge in [0.1, 0.15) is 5.82 Å². The summed E-state index contributed by atoms with van der Waals surface area (Å²) in [6.07, 6.45) is 2.18. The molecule has 1 atom stereocenters. The van der Waals surface area contributed by atoms with E-state index in [9.17, 15) is 14.0 Å². The number of nitrogens with one attached hydrogen (secondary N) is 1. The van der Waals surface area contributed by atoms with Gasteiger partial charge < -0.3 is 10.2 Å². The van der Waals surface area contributed by atoms with Crippen LogP contribution in [0.3, 0.4) is 0 Å². The van der Waals surface area contributed by atoms with Crippen LogP contribution in [0.2, 0.25) is 0 Å². The Balaban J connectivity index is 1.58. The van der Waals surface area contributed by atoms with E-state index in [0.29, 0.717) is 12.1 Å². The van der Waals surface area contributed by atoms with Gasteiger partial charge in [-0.15, -0.1) is 0 Å². The van der Waals surface area contributed by atoms with Crippen LogP contribution in [-0.4, -0.2) is 28.8 Å². The first-order valence-corrected chi connectivity index (χ1v) is 8.93. The standard InChI is InChI=1S/C21H23FN2O2/c1-15(23-21(26)17-7-3-2-4-8-17)12-20(25)24(19-10-11-19)14-16-6-5-9-18(22)13-16/h2-9,13,15,19H,10-12,14H2,1H3,(H,23,26). The molecule has 136 valence electrons. The Morgan fingerprint density at radius 3 is 2.54 bits per heavy atom. The van der Waals surface area contributed by atoms with Gasteiger partial charge in [-0.25, -0.2) is 4.39 Å². The van der Waals surface area contributed by atoms with E-state index < -0.39 is 0 Å². The smallest absolute Gasteiger partial charge is 0.251 e. The zero-order chi connectivity index (χ0) is 18.5. The third-order valence-corrected chi connectivity index (χ3v) is 4.44. The largest absolute Gasteiger partial charge is 0.349 e. The number of benzene rings is 2. The molecule has 4 nitrogen and oxygen atoms in total. The Kier molecular flexibility index (Phi) is 5.66. The summed E-state index contributed by atoms with van der Waals surface area (Å²) in [7, 11) is 0. The number of halogens is 1. The summed E-state index contributed by atoms with van der Waals surface area (Å²) in [4.78, 5) is 26.7. The van der Waals surface area contributed by atoms with Gasteiger partial charge >= 0.3 is 0 Å². The fourth-order valence-electron chi connectivity index (χ4n) is 2.97. The molecule has 1 N–H and O–H groups in total. The first kappa shape index (κ1) is 18.1. The van der Waals surface area contributed by atoms with E-state index in [0.717, 1.165) is 18.4 Å². The second-order valence-electron chi connectivity index (χ2n) is 6.83. The van der Waals surface area contributed by atoms with Crippen LogP contribution in [0.25, 0.3) is 0 Å². The van der Waals surface area contributed by atoms with E-state index in [2.05, 4.69) is 5.32 Å². The molecule has 3 rings (SSSR count). The summed E-state index contributed by atoms with van der Waals surface area (Å²) in [6.45, 7) is 2.23. The molecule has 1 unspecified atom stereocenters. The number of amides is 2. The van der Waals surface area contributed by atoms with Crippen LogP contribution in [0.1, 0.15) is 42.1 Å². The molecule has 0 bridgehead atoms. The molecule has 2 aromatic rings. The van der Waals surface area contributed by atoms with Gasteiger partial charge in [0.2, 0.25) is 5.91 Å². The van der Waals surface area contributed by atoms with Gasteiger partial charge in [-0.2, -0.15) is 0 Å². The average molecular weight is 354 g/mol. The lowest BCUT2D eigenvalue weighted by Crippen LogP contribution is -2.40. The average Bonchev–Trinajstić information content (AvgIpc) is 3.45. The molecule has 0 spiro atoms. The predicted octanol–water partition coefficient (Wildman–Crippen LogP) is 3.53. The van der Waals surface area contributed by atoms with E-state index in [1.807, 2.05) is 19.1 Å². The van der Waals surface area contributed by atoms with Crippen molar-refractivity contribution >= 4 is 11.8 Å². The SMILES string of the molecule is CC(CC(=O)N(Cc1cccc(F)c1)C1CC1)NC(=O)c1ccccc1. The molecule has 1 aliphatic rings. The maximum Gasteiger partial charge on any atom is 0.251 e. The third kappa shape index (κ3) is 4.91. The lowest BCUT2D eigenvalue weighted by molar-refractivity contribution is -0.132. The minimum absolute atomic E-state index is 0.0161. The summed E-state index contributed by atoms with van der Waals surface area (Å²) in [6, 6.07) is 15.2. The van der Waals surface area contributed by atoms with Gasteiger partial charge in [0.15, 0.2) is 0 Å². The maximum absolute atomic E-state index is 13.4. The molecular formula is C21H23FN2O2. The molecule has 1 saturated carbocycles. The molecule has 0 radical (unpaired) electrons. The van der Waals surface area contributed by atoms with Crippen LogP contribution in [0.5, 0.6) is 0 Å². The minimum atomic E-state index is -0.297. The van der Waals surface area contributed by atoms with Crippen LogP contribution < -0.4 is 5.32 Å². The van der Waals surface area contributed by atoms with Crippen molar-refractivity contribution < 1.29 is 14.0 Å². The first-order chi connectivity index (χ1) is 12.5. The second kappa shape index (κ2) is 8.13. The Hall–Kier alpha value is -2.69. The second-order valence-corrected chi connectivity index (χ2v) is 6.83. The third-order valence-electron chi connectivity index (χ3n) is 4.44. The molecule has 5 heteroatoms. The number of hydrogen-bond donors (Lipinski definition) is 1. The van der Waals surface area contributed by atoms with E-state index in [1.165, 1.54) is 12.1 Å². The molecule has 2 amide bonds. The lowest BCUT2D eigenvalue weighted by Gasteiger charge is -2.24. The maximum atomic E-state index is 13.4. The summed E-state index contributed by atoms with van der Waals surface area (Å²) < 4.78 is 13.4. The van der Waals surface area contributed by atoms with Crippen molar-refractivity contribution in [2.24, 2.45) is 0 Å². The number of carbonyl (C=O) groups is 2. The van der Waals surface area contributed by atoms with Crippen LogP contribution in [-0.2, 0) is 11.3 Å². The van der Waals surface area contributed by atoms with E-state index in [-0.39, 0.29) is 36.1 Å². The summed E-state index contributed by atoms with van der Waals surface area (Å²) in [5.41, 5.74) is 1.36. The van der Waals surface area contributed by atoms with E-state index in [1.54, 1.807) is 35.2 Å². The monoisotopic (exact) mass is 354 g/mol. The first-order valence-electron chi connectivity index (χ1n) is 8.93. The molecule has 0 aliphatic heterocycles. The molecular weight excluding hydrogens is 331 g/mol. The van der Waals surface area contributed by atoms with Crippen LogP contribution in [0.15, 0.2) is 54.6 Å². The number of nitrogens with zero attached hydrogens (tertiary/aromatic N) is 1. The predicted molar refractivity (Wildman–Crippen MR) is 98.0 cm³/mol. The lowest BCUT2D eigenvalue weighted by atomic mass is 10.1. The summed E-state index contributed by atoms with van der Waals surface area (Å²) in [5, 5.41) is 2.87. The summed E-state index contributed by atoms with van der Waals surface area (Å²) in [5.74, 6) is -0.499. The Morgan fingerprint density at radius 1 is 1.15 bits per heavy atom. The van der Waals surface area contributed by atoms with Crippen LogP contribution >= 0.6 is 0 Å². The normalized spacial score (nSPS) is 14.5. The fraction of sp³-hybridized carbons (Fsp3) is 0.333. The van der Waals surface area contributed by atoms with Crippen LogP contribution in [0, 0.1) is 5.82 Å². The highest BCUT2D eigenvalue weighted by Gasteiger charge is 2.33. The van der Waals surface area contributed by atoms with Crippen molar-refractivity contribution in [1.29, 1.82) is 0 Å². The zero-order valence-corrected chi connectivity index (χ0v) is 14.8. The molecule has 0 heterocycles. The zero-order valence-electron chi connectivity index (χ0n) is 14.8. The summed E-state index contributed by atoms with van der Waals surface area (Å²) >= 11 is 0. The van der Waals surface area contributed by atoms with Gasteiger partial charge in [-0.05, 0) is 49.6 Å². The van der Waals surface area contributed by atoms with Crippen molar-refractivity contribution in [3.8, 4) is 0 Å². The molecule has 0 saturated heterocycles. The van der Waals surface area contributed by atoms with Gasteiger partial charge in [0.25, 0.3) is 5.91 Å². The van der Waals surface area contributed by atoms with Gasteiger partial charge in [-0.1, -0.05) is 30.3 Å². The Labute approximate surface area is 153 Å². The van der Waals surface area contributed by atoms with Gasteiger partial charge in [0, 0.05) is 30.6 Å². The quantitative estimate of drug-likeness (QED) is 0.827. The molecule has 2 aromatic carbocycles. The number of carbonyl (C=O) groups excluding carboxylic acids is 2. The van der Waals surface area contributed by atoms with Crippen molar-refractivity contribution in [3.05, 3.63) is 71.5 Å². The fourth-order valence-corrected chi connectivity index (χ4v) is 2.97. The minimum Gasteiger partial charge on any atom is -0.349 e. The molecule has 0 aromatic heterocycles. The van der Waals surface area contributed by atoms with Crippen molar-refractivity contribution in [3.63, 3.8) is 0 Å². The van der Waals surface area contributed by atoms with E-state index in [4.69, 9.17) is 0 Å². The number of hydrogen-bond acceptors (Lipinski definition) is 2. The molecule has 26 heavy (non-hydrogen) atoms. The van der Waals surface area contributed by atoms with Gasteiger partial charge in [0.05, 0.1) is 0 Å². The highest BCUT2D eigenvalue weighted by molar-refractivity contribution is 5.94. The highest BCUT2D eigenvalue weighted by atomic mass is 19.1. The van der Waals surface area contributed by atoms with Crippen molar-refractivity contribution in [1.82, 2.24) is 10.2 Å². The topological polar surface area (TPSA) is 49.4 Å². The van der Waals surface area contributed by atoms with E-state index >= 15 is 0 Å². The molecule has 1 aliphatic carbocycles.